The molecule has 4 nitrogen and oxygen atoms in total. The Hall–Kier alpha value is -0.840. The second-order valence-corrected chi connectivity index (χ2v) is 7.39. The van der Waals surface area contributed by atoms with Crippen LogP contribution < -0.4 is 5.32 Å². The lowest BCUT2D eigenvalue weighted by Crippen LogP contribution is -2.51. The molecule has 3 fully saturated rings. The van der Waals surface area contributed by atoms with Crippen LogP contribution in [0.2, 0.25) is 0 Å². The van der Waals surface area contributed by atoms with E-state index in [0.717, 1.165) is 12.8 Å². The first kappa shape index (κ1) is 19.5. The highest BCUT2D eigenvalue weighted by Gasteiger charge is 2.55. The second kappa shape index (κ2) is 8.50. The maximum absolute atomic E-state index is 13.4. The zero-order valence-electron chi connectivity index (χ0n) is 14.2. The maximum atomic E-state index is 13.4. The number of nitriles is 1. The van der Waals surface area contributed by atoms with Gasteiger partial charge in [-0.1, -0.05) is 0 Å². The number of hydrogen-bond donors (Lipinski definition) is 2. The lowest BCUT2D eigenvalue weighted by atomic mass is 9.58. The van der Waals surface area contributed by atoms with Gasteiger partial charge in [-0.2, -0.15) is 18.4 Å². The molecule has 3 saturated carbocycles. The Labute approximate surface area is 142 Å². The average molecular weight is 347 g/mol. The molecule has 3 rings (SSSR count). The van der Waals surface area contributed by atoms with Crippen molar-refractivity contribution in [2.24, 2.45) is 23.7 Å². The molecule has 0 radical (unpaired) electrons. The summed E-state index contributed by atoms with van der Waals surface area (Å²) in [6.45, 7) is 1.60. The molecule has 138 valence electrons. The van der Waals surface area contributed by atoms with Gasteiger partial charge in [0, 0.05) is 26.1 Å². The van der Waals surface area contributed by atoms with Gasteiger partial charge in [0.05, 0.1) is 18.1 Å². The summed E-state index contributed by atoms with van der Waals surface area (Å²) in [6.07, 6.45) is -1.14. The number of fused-ring (bicyclic) bond motifs is 3. The third-order valence-electron chi connectivity index (χ3n) is 5.66. The highest BCUT2D eigenvalue weighted by molar-refractivity contribution is 4.96. The van der Waals surface area contributed by atoms with Crippen molar-refractivity contribution in [3.05, 3.63) is 0 Å². The van der Waals surface area contributed by atoms with E-state index >= 15 is 0 Å². The molecular weight excluding hydrogens is 319 g/mol. The average Bonchev–Trinajstić information content (AvgIpc) is 2.52. The molecule has 0 heterocycles. The monoisotopic (exact) mass is 347 g/mol. The summed E-state index contributed by atoms with van der Waals surface area (Å²) in [5, 5.41) is 21.6. The Balaban J connectivity index is 1.79. The zero-order valence-corrected chi connectivity index (χ0v) is 14.2. The van der Waals surface area contributed by atoms with Crippen molar-refractivity contribution in [2.75, 3.05) is 33.2 Å². The van der Waals surface area contributed by atoms with Crippen LogP contribution in [0.15, 0.2) is 0 Å². The van der Waals surface area contributed by atoms with Gasteiger partial charge in [0.1, 0.15) is 0 Å². The summed E-state index contributed by atoms with van der Waals surface area (Å²) >= 11 is 0. The Bertz CT molecular complexity index is 430. The number of alkyl halides is 3. The molecule has 3 aliphatic carbocycles. The van der Waals surface area contributed by atoms with E-state index in [-0.39, 0.29) is 24.3 Å². The van der Waals surface area contributed by atoms with Crippen LogP contribution in [0.3, 0.4) is 0 Å². The van der Waals surface area contributed by atoms with Crippen LogP contribution in [0, 0.1) is 35.0 Å². The van der Waals surface area contributed by atoms with E-state index in [4.69, 9.17) is 5.26 Å². The number of halogens is 3. The van der Waals surface area contributed by atoms with Crippen LogP contribution >= 0.6 is 0 Å². The first-order chi connectivity index (χ1) is 11.3. The Morgan fingerprint density at radius 3 is 2.46 bits per heavy atom. The SMILES string of the molecule is CN(CCC#N)CC(O)CNC[C@H]1C2CCC(CC2)[C@@H]1C(F)(F)F. The van der Waals surface area contributed by atoms with Crippen LogP contribution in [0.1, 0.15) is 32.1 Å². The molecule has 3 aliphatic rings. The number of likely N-dealkylation sites (N-methyl/N-ethyl adjacent to an activating group) is 1. The molecule has 24 heavy (non-hydrogen) atoms. The predicted octanol–water partition coefficient (Wildman–Crippen LogP) is 2.40. The molecule has 2 bridgehead atoms. The normalized spacial score (nSPS) is 31.2. The standard InChI is InChI=1S/C17H28F3N3O/c1-23(8-2-7-21)11-14(24)9-22-10-15-12-3-5-13(6-4-12)16(15)17(18,19)20/h12-16,22,24H,2-6,8-11H2,1H3/t12?,13?,14?,15-,16-/m0/s1. The van der Waals surface area contributed by atoms with Crippen LogP contribution in [0.25, 0.3) is 0 Å². The summed E-state index contributed by atoms with van der Waals surface area (Å²) in [5.74, 6) is -1.61. The quantitative estimate of drug-likeness (QED) is 0.708. The molecule has 0 saturated heterocycles. The van der Waals surface area contributed by atoms with E-state index in [1.165, 1.54) is 0 Å². The van der Waals surface area contributed by atoms with Crippen molar-refractivity contribution in [3.8, 4) is 6.07 Å². The largest absolute Gasteiger partial charge is 0.392 e. The first-order valence-corrected chi connectivity index (χ1v) is 8.84. The van der Waals surface area contributed by atoms with E-state index in [0.29, 0.717) is 38.9 Å². The van der Waals surface area contributed by atoms with Crippen LogP contribution in [-0.2, 0) is 0 Å². The third-order valence-corrected chi connectivity index (χ3v) is 5.66. The van der Waals surface area contributed by atoms with Crippen molar-refractivity contribution >= 4 is 0 Å². The molecule has 7 heteroatoms. The maximum Gasteiger partial charge on any atom is 0.392 e. The zero-order chi connectivity index (χ0) is 17.7. The van der Waals surface area contributed by atoms with E-state index in [9.17, 15) is 18.3 Å². The van der Waals surface area contributed by atoms with Crippen LogP contribution in [-0.4, -0.2) is 55.5 Å². The van der Waals surface area contributed by atoms with Gasteiger partial charge < -0.3 is 15.3 Å². The first-order valence-electron chi connectivity index (χ1n) is 8.84. The van der Waals surface area contributed by atoms with Gasteiger partial charge in [0.15, 0.2) is 0 Å². The van der Waals surface area contributed by atoms with Gasteiger partial charge >= 0.3 is 6.18 Å². The molecule has 0 aromatic heterocycles. The number of rotatable bonds is 8. The van der Waals surface area contributed by atoms with Crippen LogP contribution in [0.5, 0.6) is 0 Å². The van der Waals surface area contributed by atoms with Gasteiger partial charge in [-0.05, 0) is 57.0 Å². The summed E-state index contributed by atoms with van der Waals surface area (Å²) in [5.41, 5.74) is 0. The molecule has 0 aromatic carbocycles. The Kier molecular flexibility index (Phi) is 6.90. The summed E-state index contributed by atoms with van der Waals surface area (Å²) in [7, 11) is 1.82. The smallest absolute Gasteiger partial charge is 0.390 e. The molecule has 0 amide bonds. The molecule has 0 spiro atoms. The number of hydrogen-bond acceptors (Lipinski definition) is 4. The topological polar surface area (TPSA) is 59.3 Å². The van der Waals surface area contributed by atoms with Crippen molar-refractivity contribution in [2.45, 2.75) is 44.4 Å². The highest BCUT2D eigenvalue weighted by atomic mass is 19.4. The number of aliphatic hydroxyl groups is 1. The van der Waals surface area contributed by atoms with E-state index in [1.807, 2.05) is 18.0 Å². The fourth-order valence-electron chi connectivity index (χ4n) is 4.55. The minimum absolute atomic E-state index is 0.157. The molecule has 0 aromatic rings. The highest BCUT2D eigenvalue weighted by Crippen LogP contribution is 2.54. The lowest BCUT2D eigenvalue weighted by molar-refractivity contribution is -0.229. The number of nitrogens with one attached hydrogen (secondary N) is 1. The van der Waals surface area contributed by atoms with Crippen molar-refractivity contribution in [3.63, 3.8) is 0 Å². The molecule has 1 unspecified atom stereocenters. The van der Waals surface area contributed by atoms with E-state index in [2.05, 4.69) is 5.32 Å². The Morgan fingerprint density at radius 2 is 1.88 bits per heavy atom. The minimum atomic E-state index is -4.12. The van der Waals surface area contributed by atoms with E-state index < -0.39 is 18.2 Å². The van der Waals surface area contributed by atoms with Gasteiger partial charge in [0.2, 0.25) is 0 Å². The van der Waals surface area contributed by atoms with Gasteiger partial charge in [-0.15, -0.1) is 0 Å². The van der Waals surface area contributed by atoms with E-state index in [1.54, 1.807) is 0 Å². The fourth-order valence-corrected chi connectivity index (χ4v) is 4.55. The van der Waals surface area contributed by atoms with Gasteiger partial charge in [-0.3, -0.25) is 0 Å². The third kappa shape index (κ3) is 5.08. The fraction of sp³-hybridized carbons (Fsp3) is 0.941. The Morgan fingerprint density at radius 1 is 1.25 bits per heavy atom. The number of nitrogens with zero attached hydrogens (tertiary/aromatic N) is 2. The van der Waals surface area contributed by atoms with Crippen LogP contribution in [0.4, 0.5) is 13.2 Å². The van der Waals surface area contributed by atoms with Crippen molar-refractivity contribution in [1.82, 2.24) is 10.2 Å². The summed E-state index contributed by atoms with van der Waals surface area (Å²) in [4.78, 5) is 1.86. The summed E-state index contributed by atoms with van der Waals surface area (Å²) in [6, 6.07) is 2.05. The van der Waals surface area contributed by atoms with Crippen molar-refractivity contribution < 1.29 is 18.3 Å². The molecule has 3 atom stereocenters. The number of aliphatic hydroxyl groups excluding tert-OH is 1. The summed E-state index contributed by atoms with van der Waals surface area (Å²) < 4.78 is 40.2. The van der Waals surface area contributed by atoms with Crippen molar-refractivity contribution in [1.29, 1.82) is 5.26 Å². The predicted molar refractivity (Wildman–Crippen MR) is 85.1 cm³/mol. The van der Waals surface area contributed by atoms with Gasteiger partial charge in [0.25, 0.3) is 0 Å². The lowest BCUT2D eigenvalue weighted by Gasteiger charge is -2.49. The molecule has 0 aliphatic heterocycles. The van der Waals surface area contributed by atoms with Gasteiger partial charge in [-0.25, -0.2) is 0 Å². The second-order valence-electron chi connectivity index (χ2n) is 7.39. The molecular formula is C17H28F3N3O. The molecule has 2 N–H and O–H groups in total. The minimum Gasteiger partial charge on any atom is -0.390 e.